The number of hydrogen-bond donors (Lipinski definition) is 2. The van der Waals surface area contributed by atoms with Crippen LogP contribution in [0.15, 0.2) is 47.1 Å². The highest BCUT2D eigenvalue weighted by molar-refractivity contribution is 7.21. The molecule has 0 aliphatic carbocycles. The summed E-state index contributed by atoms with van der Waals surface area (Å²) in [4.78, 5) is 20.2. The van der Waals surface area contributed by atoms with Crippen molar-refractivity contribution < 1.29 is 18.8 Å². The number of nitrogen functional groups attached to an aromatic ring is 1. The van der Waals surface area contributed by atoms with Gasteiger partial charge in [0, 0.05) is 10.9 Å². The molecule has 0 unspecified atom stereocenters. The van der Waals surface area contributed by atoms with E-state index in [2.05, 4.69) is 10.6 Å². The number of rotatable bonds is 4. The van der Waals surface area contributed by atoms with Crippen molar-refractivity contribution in [2.24, 2.45) is 0 Å². The number of aromatic nitrogens is 3. The van der Waals surface area contributed by atoms with Gasteiger partial charge in [-0.25, -0.2) is 4.98 Å². The van der Waals surface area contributed by atoms with Crippen LogP contribution >= 0.6 is 11.3 Å². The van der Waals surface area contributed by atoms with E-state index in [0.717, 1.165) is 16.6 Å². The third kappa shape index (κ3) is 3.82. The molecule has 0 bridgehead atoms. The minimum atomic E-state index is -0.359. The number of aryl methyl sites for hydroxylation is 1. The van der Waals surface area contributed by atoms with Crippen LogP contribution in [0.25, 0.3) is 21.5 Å². The second kappa shape index (κ2) is 7.97. The number of nitrogens with zero attached hydrogens (tertiary/aromatic N) is 4. The first kappa shape index (κ1) is 19.5. The smallest absolute Gasteiger partial charge is 0.306 e. The summed E-state index contributed by atoms with van der Waals surface area (Å²) in [6.45, 7) is 4.68. The van der Waals surface area contributed by atoms with Gasteiger partial charge in [-0.3, -0.25) is 14.6 Å². The van der Waals surface area contributed by atoms with Crippen molar-refractivity contribution in [3.63, 3.8) is 0 Å². The first-order chi connectivity index (χ1) is 15.1. The molecule has 4 heterocycles. The molecule has 0 radical (unpaired) electrons. The van der Waals surface area contributed by atoms with E-state index < -0.39 is 0 Å². The van der Waals surface area contributed by atoms with Gasteiger partial charge in [0.25, 0.3) is 12.1 Å². The number of nitrogens with one attached hydrogen (secondary N) is 1. The fourth-order valence-electron chi connectivity index (χ4n) is 3.40. The Hall–Kier alpha value is -3.50. The van der Waals surface area contributed by atoms with Crippen LogP contribution in [0.4, 0.5) is 11.6 Å². The van der Waals surface area contributed by atoms with E-state index in [1.54, 1.807) is 11.0 Å². The summed E-state index contributed by atoms with van der Waals surface area (Å²) in [5, 5.41) is 9.41. The molecule has 158 valence electrons. The van der Waals surface area contributed by atoms with E-state index in [0.29, 0.717) is 41.7 Å². The van der Waals surface area contributed by atoms with Gasteiger partial charge in [-0.1, -0.05) is 29.8 Å². The van der Waals surface area contributed by atoms with Crippen molar-refractivity contribution in [2.75, 3.05) is 42.4 Å². The Balaban J connectivity index is 1.38. The van der Waals surface area contributed by atoms with Gasteiger partial charge in [0.05, 0.1) is 42.5 Å². The van der Waals surface area contributed by atoms with Crippen LogP contribution in [-0.2, 0) is 4.74 Å². The zero-order valence-electron chi connectivity index (χ0n) is 16.9. The van der Waals surface area contributed by atoms with Gasteiger partial charge in [-0.2, -0.15) is 0 Å². The van der Waals surface area contributed by atoms with Gasteiger partial charge in [0.1, 0.15) is 9.71 Å². The molecule has 10 heteroatoms. The van der Waals surface area contributed by atoms with Gasteiger partial charge in [0.15, 0.2) is 0 Å². The molecule has 1 fully saturated rings. The zero-order valence-corrected chi connectivity index (χ0v) is 17.7. The van der Waals surface area contributed by atoms with Crippen molar-refractivity contribution >= 4 is 39.0 Å². The average molecular weight is 438 g/mol. The molecule has 31 heavy (non-hydrogen) atoms. The molecule has 4 aromatic rings. The number of amides is 1. The summed E-state index contributed by atoms with van der Waals surface area (Å²) >= 11 is 1.25. The van der Waals surface area contributed by atoms with Gasteiger partial charge >= 0.3 is 5.88 Å². The zero-order chi connectivity index (χ0) is 21.4. The molecule has 1 aliphatic heterocycles. The number of benzene rings is 1. The number of thiophene rings is 1. The Labute approximate surface area is 182 Å². The van der Waals surface area contributed by atoms with Gasteiger partial charge in [-0.05, 0) is 19.1 Å². The van der Waals surface area contributed by atoms with E-state index in [9.17, 15) is 4.79 Å². The minimum Gasteiger partial charge on any atom is -0.397 e. The van der Waals surface area contributed by atoms with Crippen molar-refractivity contribution in [1.82, 2.24) is 10.3 Å². The largest absolute Gasteiger partial charge is 0.397 e. The highest BCUT2D eigenvalue weighted by atomic mass is 32.1. The van der Waals surface area contributed by atoms with Gasteiger partial charge in [0.2, 0.25) is 5.27 Å². The lowest BCUT2D eigenvalue weighted by atomic mass is 10.1. The van der Waals surface area contributed by atoms with Crippen LogP contribution < -0.4 is 20.9 Å². The average Bonchev–Trinajstić information content (AvgIpc) is 3.39. The topological polar surface area (TPSA) is 110 Å². The Morgan fingerprint density at radius 1 is 1.19 bits per heavy atom. The highest BCUT2D eigenvalue weighted by Crippen LogP contribution is 2.34. The molecule has 0 spiro atoms. The maximum atomic E-state index is 12.8. The summed E-state index contributed by atoms with van der Waals surface area (Å²) in [7, 11) is 0. The first-order valence-corrected chi connectivity index (χ1v) is 10.7. The molecule has 3 aromatic heterocycles. The fourth-order valence-corrected chi connectivity index (χ4v) is 4.39. The lowest BCUT2D eigenvalue weighted by Crippen LogP contribution is -2.62. The molecule has 0 atom stereocenters. The molecule has 1 amide bonds. The number of anilines is 2. The molecular formula is C21H21N6O3S+. The Morgan fingerprint density at radius 2 is 1.97 bits per heavy atom. The van der Waals surface area contributed by atoms with Gasteiger partial charge in [-0.15, -0.1) is 16.3 Å². The Bertz CT molecular complexity index is 1240. The number of ether oxygens (including phenoxy) is 1. The number of morpholine rings is 1. The summed E-state index contributed by atoms with van der Waals surface area (Å²) in [6, 6.07) is 12.0. The number of carbonyl (C=O) groups is 1. The molecule has 1 aliphatic rings. The van der Waals surface area contributed by atoms with Crippen LogP contribution in [0.5, 0.6) is 0 Å². The molecule has 1 aromatic carbocycles. The predicted octanol–water partition coefficient (Wildman–Crippen LogP) is 2.35. The standard InChI is InChI=1S/C21H20N6O3S/c1-13-2-4-14(5-3-13)16-7-6-15-18(22)19(31-21(15)23-16)20(28)24-17-12-27(25-30-17)26-8-10-29-11-9-26/h2-7,12H,8-11H2,1H3,(H2-,22,24,25,28)/p+1. The summed E-state index contributed by atoms with van der Waals surface area (Å²) in [6.07, 6.45) is 1.63. The number of nitrogens with two attached hydrogens (primary N) is 1. The van der Waals surface area contributed by atoms with Crippen LogP contribution in [0.1, 0.15) is 15.2 Å². The van der Waals surface area contributed by atoms with Gasteiger partial charge < -0.3 is 10.5 Å². The third-order valence-electron chi connectivity index (χ3n) is 5.12. The number of hydrogen-bond acceptors (Lipinski definition) is 8. The first-order valence-electron chi connectivity index (χ1n) is 9.87. The molecule has 3 N–H and O–H groups in total. The van der Waals surface area contributed by atoms with E-state index in [1.165, 1.54) is 16.9 Å². The van der Waals surface area contributed by atoms with Crippen molar-refractivity contribution in [3.8, 4) is 11.3 Å². The quantitative estimate of drug-likeness (QED) is 0.472. The fraction of sp³-hybridized carbons (Fsp3) is 0.238. The summed E-state index contributed by atoms with van der Waals surface area (Å²) in [5.41, 5.74) is 9.70. The third-order valence-corrected chi connectivity index (χ3v) is 6.23. The van der Waals surface area contributed by atoms with Crippen molar-refractivity contribution in [2.45, 2.75) is 6.92 Å². The lowest BCUT2D eigenvalue weighted by molar-refractivity contribution is -0.759. The van der Waals surface area contributed by atoms with E-state index >= 15 is 0 Å². The normalized spacial score (nSPS) is 14.2. The van der Waals surface area contributed by atoms with Crippen molar-refractivity contribution in [3.05, 3.63) is 53.0 Å². The highest BCUT2D eigenvalue weighted by Gasteiger charge is 2.25. The molecular weight excluding hydrogens is 416 g/mol. The summed E-state index contributed by atoms with van der Waals surface area (Å²) < 4.78 is 10.6. The predicted molar refractivity (Wildman–Crippen MR) is 118 cm³/mol. The summed E-state index contributed by atoms with van der Waals surface area (Å²) in [5.74, 6) is -0.121. The molecule has 5 rings (SSSR count). The van der Waals surface area contributed by atoms with Crippen LogP contribution in [0, 0.1) is 6.92 Å². The van der Waals surface area contributed by atoms with Crippen LogP contribution in [0.3, 0.4) is 0 Å². The SMILES string of the molecule is Cc1ccc(-c2ccc3c(N)c(C(=O)Nc4c[n+](N5CCOCC5)no4)sc3n2)cc1. The number of fused-ring (bicyclic) bond motifs is 1. The molecule has 0 saturated carbocycles. The maximum Gasteiger partial charge on any atom is 0.306 e. The lowest BCUT2D eigenvalue weighted by Gasteiger charge is -2.18. The minimum absolute atomic E-state index is 0.238. The molecule has 9 nitrogen and oxygen atoms in total. The van der Waals surface area contributed by atoms with Crippen LogP contribution in [0.2, 0.25) is 0 Å². The maximum absolute atomic E-state index is 12.8. The monoisotopic (exact) mass is 437 g/mol. The van der Waals surface area contributed by atoms with E-state index in [4.69, 9.17) is 20.0 Å². The van der Waals surface area contributed by atoms with E-state index in [-0.39, 0.29) is 11.8 Å². The Kier molecular flexibility index (Phi) is 5.00. The Morgan fingerprint density at radius 3 is 2.74 bits per heavy atom. The second-order valence-electron chi connectivity index (χ2n) is 7.27. The molecule has 1 saturated heterocycles. The number of pyridine rings is 1. The van der Waals surface area contributed by atoms with Crippen molar-refractivity contribution in [1.29, 1.82) is 0 Å². The number of carbonyl (C=O) groups excluding carboxylic acids is 1. The second-order valence-corrected chi connectivity index (χ2v) is 8.27. The van der Waals surface area contributed by atoms with E-state index in [1.807, 2.05) is 48.3 Å². The van der Waals surface area contributed by atoms with Crippen LogP contribution in [-0.4, -0.2) is 42.5 Å².